The number of hydrogen-bond acceptors (Lipinski definition) is 11. The molecule has 15 unspecified atom stereocenters. The Morgan fingerprint density at radius 2 is 1.75 bits per heavy atom. The molecule has 1 aromatic heterocycles. The van der Waals surface area contributed by atoms with Crippen molar-refractivity contribution >= 4 is 33.3 Å². The van der Waals surface area contributed by atoms with Crippen LogP contribution in [0.3, 0.4) is 0 Å². The van der Waals surface area contributed by atoms with Gasteiger partial charge in [-0.15, -0.1) is 0 Å². The van der Waals surface area contributed by atoms with Gasteiger partial charge in [0.15, 0.2) is 11.7 Å². The molecule has 64 heavy (non-hydrogen) atoms. The number of nitrogens with two attached hydrogens (primary N) is 1. The molecular weight excluding hydrogens is 845 g/mol. The quantitative estimate of drug-likeness (QED) is 0.0515. The Morgan fingerprint density at radius 1 is 1.03 bits per heavy atom. The number of rotatable bonds is 6. The molecule has 1 aromatic rings. The average molecular weight is 925 g/mol. The van der Waals surface area contributed by atoms with Crippen LogP contribution in [0, 0.1) is 63.1 Å². The van der Waals surface area contributed by atoms with E-state index in [1.807, 2.05) is 34.1 Å². The van der Waals surface area contributed by atoms with Crippen molar-refractivity contribution in [2.24, 2.45) is 73.8 Å². The predicted octanol–water partition coefficient (Wildman–Crippen LogP) is 6.40. The van der Waals surface area contributed by atoms with Crippen LogP contribution >= 0.6 is 21.6 Å². The molecular formula is C50H80N6O6S2. The lowest BCUT2D eigenvalue weighted by Gasteiger charge is -2.64. The Kier molecular flexibility index (Phi) is 14.1. The van der Waals surface area contributed by atoms with Crippen molar-refractivity contribution in [2.75, 3.05) is 31.6 Å². The molecule has 1 spiro atoms. The summed E-state index contributed by atoms with van der Waals surface area (Å²) in [6, 6.07) is 0.183. The van der Waals surface area contributed by atoms with Gasteiger partial charge in [-0.3, -0.25) is 9.79 Å². The first-order chi connectivity index (χ1) is 30.3. The van der Waals surface area contributed by atoms with Crippen LogP contribution in [0.25, 0.3) is 0 Å². The van der Waals surface area contributed by atoms with Crippen LogP contribution in [0.1, 0.15) is 131 Å². The molecule has 2 heterocycles. The van der Waals surface area contributed by atoms with Crippen LogP contribution in [0.5, 0.6) is 0 Å². The average Bonchev–Trinajstić information content (AvgIpc) is 3.98. The minimum Gasteiger partial charge on any atom is -0.393 e. The van der Waals surface area contributed by atoms with E-state index in [4.69, 9.17) is 10.7 Å². The fourth-order valence-electron chi connectivity index (χ4n) is 15.9. The van der Waals surface area contributed by atoms with Gasteiger partial charge in [0.2, 0.25) is 0 Å². The summed E-state index contributed by atoms with van der Waals surface area (Å²) in [5.41, 5.74) is 7.37. The van der Waals surface area contributed by atoms with Crippen molar-refractivity contribution in [3.05, 3.63) is 41.5 Å². The normalized spacial score (nSPS) is 44.3. The summed E-state index contributed by atoms with van der Waals surface area (Å²) in [7, 11) is 5.48. The number of allylic oxidation sites excluding steroid dienone is 2. The molecule has 358 valence electrons. The van der Waals surface area contributed by atoms with Crippen molar-refractivity contribution < 1.29 is 30.3 Å². The summed E-state index contributed by atoms with van der Waals surface area (Å²) in [6.07, 6.45) is 16.9. The van der Waals surface area contributed by atoms with Gasteiger partial charge in [0, 0.05) is 66.2 Å². The topological polar surface area (TPSA) is 198 Å². The first-order valence-corrected chi connectivity index (χ1v) is 27.1. The van der Waals surface area contributed by atoms with Gasteiger partial charge in [0.25, 0.3) is 0 Å². The number of aliphatic hydroxyl groups excluding tert-OH is 4. The molecule has 15 atom stereocenters. The van der Waals surface area contributed by atoms with Crippen LogP contribution in [-0.2, 0) is 4.79 Å². The molecule has 12 nitrogen and oxygen atoms in total. The highest BCUT2D eigenvalue weighted by molar-refractivity contribution is 8.76. The molecule has 8 rings (SSSR count). The predicted molar refractivity (Wildman–Crippen MR) is 257 cm³/mol. The number of guanidine groups is 1. The van der Waals surface area contributed by atoms with Gasteiger partial charge in [-0.2, -0.15) is 0 Å². The molecule has 0 aromatic carbocycles. The lowest BCUT2D eigenvalue weighted by Crippen LogP contribution is -2.67. The maximum atomic E-state index is 14.9. The number of aliphatic imine (C=N–C) groups is 1. The SMILES string of the molecule is CNCC1C(O)C(O)CC2(C)C3C(=CC(=O)C12)C1(O)C2CSSCC(n4ccnc4)CC(C)(C)C(=C4CCCC5(CCCC5)C4)CC(O)C(C)C(C2)C1(C)CC3CN=C(N)NC(C)O. The van der Waals surface area contributed by atoms with E-state index in [0.717, 1.165) is 30.6 Å². The number of carbonyl (C=O) groups excluding carboxylic acids is 1. The first kappa shape index (κ1) is 48.5. The highest BCUT2D eigenvalue weighted by Crippen LogP contribution is 2.72. The third-order valence-corrected chi connectivity index (χ3v) is 21.2. The van der Waals surface area contributed by atoms with Gasteiger partial charge in [0.05, 0.1) is 30.2 Å². The third kappa shape index (κ3) is 8.50. The lowest BCUT2D eigenvalue weighted by molar-refractivity contribution is -0.182. The molecule has 9 N–H and O–H groups in total. The Bertz CT molecular complexity index is 1930. The number of hydrogen-bond donors (Lipinski definition) is 8. The molecule has 7 aliphatic rings. The largest absolute Gasteiger partial charge is 0.393 e. The van der Waals surface area contributed by atoms with Crippen molar-refractivity contribution in [3.8, 4) is 0 Å². The van der Waals surface area contributed by atoms with E-state index in [2.05, 4.69) is 61.0 Å². The van der Waals surface area contributed by atoms with Crippen LogP contribution in [-0.4, -0.2) is 109 Å². The van der Waals surface area contributed by atoms with Gasteiger partial charge in [-0.1, -0.05) is 80.2 Å². The molecule has 6 aliphatic carbocycles. The highest BCUT2D eigenvalue weighted by atomic mass is 33.1. The van der Waals surface area contributed by atoms with Crippen molar-refractivity contribution in [1.29, 1.82) is 0 Å². The van der Waals surface area contributed by atoms with Crippen LogP contribution in [0.15, 0.2) is 46.5 Å². The summed E-state index contributed by atoms with van der Waals surface area (Å²) in [6.45, 7) is 13.6. The van der Waals surface area contributed by atoms with Crippen molar-refractivity contribution in [3.63, 3.8) is 0 Å². The van der Waals surface area contributed by atoms with Crippen LogP contribution in [0.2, 0.25) is 0 Å². The minimum atomic E-state index is -1.39. The van der Waals surface area contributed by atoms with E-state index >= 15 is 0 Å². The summed E-state index contributed by atoms with van der Waals surface area (Å²) >= 11 is 0. The number of nitrogens with one attached hydrogen (secondary N) is 2. The Balaban J connectivity index is 1.25. The molecule has 1 saturated heterocycles. The molecule has 0 radical (unpaired) electrons. The Labute approximate surface area is 390 Å². The number of fused-ring (bicyclic) bond motifs is 9. The van der Waals surface area contributed by atoms with Gasteiger partial charge in [0.1, 0.15) is 6.23 Å². The van der Waals surface area contributed by atoms with Crippen LogP contribution in [0.4, 0.5) is 0 Å². The maximum Gasteiger partial charge on any atom is 0.190 e. The first-order valence-electron chi connectivity index (χ1n) is 24.6. The van der Waals surface area contributed by atoms with E-state index in [1.165, 1.54) is 44.1 Å². The van der Waals surface area contributed by atoms with Crippen molar-refractivity contribution in [2.45, 2.75) is 161 Å². The standard InChI is InChI=1S/C50H80N6O6S2/c1-29-36-17-33(26-63-64-27-34(56-16-15-53-28-56)22-46(3,4)37(18-39(29)58)31-11-10-14-49(21-31)12-8-9-13-49)50(62)38-19-40(59)43-35(25-52-7)44(61)41(60)23-47(43,5)42(38)32(20-48(36,50)6)24-54-45(51)55-30(2)57/h15-16,19,28-30,32-36,39,41-44,52,57-58,60-62H,8-14,17-18,20-27H2,1-7H3,(H3,51,54,55). The van der Waals surface area contributed by atoms with Crippen LogP contribution < -0.4 is 16.4 Å². The second kappa shape index (κ2) is 18.5. The summed E-state index contributed by atoms with van der Waals surface area (Å²) in [5, 5.41) is 66.3. The van der Waals surface area contributed by atoms with Gasteiger partial charge in [-0.25, -0.2) is 4.98 Å². The Morgan fingerprint density at radius 3 is 2.44 bits per heavy atom. The van der Waals surface area contributed by atoms with E-state index in [9.17, 15) is 30.3 Å². The van der Waals surface area contributed by atoms with Gasteiger partial charge in [-0.05, 0) is 136 Å². The summed E-state index contributed by atoms with van der Waals surface area (Å²) in [4.78, 5) is 24.2. The number of imidazole rings is 1. The highest BCUT2D eigenvalue weighted by Gasteiger charge is 2.73. The fourth-order valence-corrected chi connectivity index (χ4v) is 18.6. The maximum absolute atomic E-state index is 14.9. The van der Waals surface area contributed by atoms with Crippen molar-refractivity contribution in [1.82, 2.24) is 20.2 Å². The Hall–Kier alpha value is -1.91. The molecule has 0 amide bonds. The zero-order valence-electron chi connectivity index (χ0n) is 39.6. The van der Waals surface area contributed by atoms with Gasteiger partial charge >= 0.3 is 0 Å². The number of aliphatic hydroxyl groups is 5. The zero-order chi connectivity index (χ0) is 46.0. The number of aromatic nitrogens is 2. The molecule has 6 fully saturated rings. The monoisotopic (exact) mass is 925 g/mol. The van der Waals surface area contributed by atoms with E-state index in [0.29, 0.717) is 37.0 Å². The van der Waals surface area contributed by atoms with E-state index in [1.54, 1.807) is 25.6 Å². The minimum absolute atomic E-state index is 0.0793. The second-order valence-electron chi connectivity index (χ2n) is 23.0. The fraction of sp³-hybridized carbons (Fsp3) is 0.820. The van der Waals surface area contributed by atoms with E-state index in [-0.39, 0.29) is 65.8 Å². The molecule has 2 bridgehead atoms. The van der Waals surface area contributed by atoms with E-state index < -0.39 is 52.8 Å². The zero-order valence-corrected chi connectivity index (χ0v) is 41.3. The number of nitrogens with zero attached hydrogens (tertiary/aromatic N) is 3. The number of ketones is 1. The summed E-state index contributed by atoms with van der Waals surface area (Å²) in [5.74, 6) is -0.561. The summed E-state index contributed by atoms with van der Waals surface area (Å²) < 4.78 is 2.27. The van der Waals surface area contributed by atoms with Gasteiger partial charge < -0.3 is 46.5 Å². The third-order valence-electron chi connectivity index (χ3n) is 18.6. The molecule has 14 heteroatoms. The second-order valence-corrected chi connectivity index (χ2v) is 25.5. The molecule has 1 aliphatic heterocycles. The number of carbonyl (C=O) groups is 1. The molecule has 5 saturated carbocycles. The lowest BCUT2D eigenvalue weighted by atomic mass is 9.41. The smallest absolute Gasteiger partial charge is 0.190 e.